The van der Waals surface area contributed by atoms with Crippen LogP contribution in [0.2, 0.25) is 0 Å². The van der Waals surface area contributed by atoms with Crippen LogP contribution in [0.1, 0.15) is 13.3 Å². The van der Waals surface area contributed by atoms with E-state index in [2.05, 4.69) is 0 Å². The third kappa shape index (κ3) is 3.87. The molecule has 1 unspecified atom stereocenters. The van der Waals surface area contributed by atoms with E-state index in [-0.39, 0.29) is 24.9 Å². The lowest BCUT2D eigenvalue weighted by Crippen LogP contribution is -2.45. The number of nitrogens with zero attached hydrogens (tertiary/aromatic N) is 1. The van der Waals surface area contributed by atoms with Crippen LogP contribution in [-0.2, 0) is 14.3 Å². The summed E-state index contributed by atoms with van der Waals surface area (Å²) in [4.78, 5) is 25.0. The summed E-state index contributed by atoms with van der Waals surface area (Å²) in [5.41, 5.74) is 0. The Hall–Kier alpha value is -2.24. The van der Waals surface area contributed by atoms with Crippen molar-refractivity contribution in [3.63, 3.8) is 0 Å². The molecule has 114 valence electrons. The lowest BCUT2D eigenvalue weighted by atomic mass is 10.2. The molecule has 1 aliphatic heterocycles. The summed E-state index contributed by atoms with van der Waals surface area (Å²) < 4.78 is 16.0. The highest BCUT2D eigenvalue weighted by atomic mass is 16.6. The minimum Gasteiger partial charge on any atom is -0.485 e. The predicted octanol–water partition coefficient (Wildman–Crippen LogP) is 1.24. The maximum Gasteiger partial charge on any atom is 0.307 e. The zero-order chi connectivity index (χ0) is 15.2. The normalized spacial score (nSPS) is 16.2. The summed E-state index contributed by atoms with van der Waals surface area (Å²) in [6.45, 7) is 2.54. The highest BCUT2D eigenvalue weighted by Gasteiger charge is 2.29. The third-order valence-electron chi connectivity index (χ3n) is 3.12. The first-order chi connectivity index (χ1) is 10.1. The molecule has 6 nitrogen and oxygen atoms in total. The van der Waals surface area contributed by atoms with Crippen LogP contribution in [0, 0.1) is 0 Å². The number of carbonyl (C=O) groups excluding carboxylic acids is 2. The zero-order valence-corrected chi connectivity index (χ0v) is 12.2. The van der Waals surface area contributed by atoms with E-state index >= 15 is 0 Å². The number of esters is 1. The summed E-state index contributed by atoms with van der Waals surface area (Å²) in [6.07, 6.45) is -0.521. The number of carbonyl (C=O) groups is 2. The number of ether oxygens (including phenoxy) is 3. The van der Waals surface area contributed by atoms with Gasteiger partial charge in [-0.3, -0.25) is 9.59 Å². The molecule has 0 radical (unpaired) electrons. The van der Waals surface area contributed by atoms with Crippen LogP contribution >= 0.6 is 0 Å². The summed E-state index contributed by atoms with van der Waals surface area (Å²) in [5.74, 6) is 0.661. The monoisotopic (exact) mass is 293 g/mol. The Kier molecular flexibility index (Phi) is 5.03. The Morgan fingerprint density at radius 2 is 2.05 bits per heavy atom. The second-order valence-corrected chi connectivity index (χ2v) is 4.68. The van der Waals surface area contributed by atoms with Gasteiger partial charge in [0.05, 0.1) is 13.0 Å². The molecule has 21 heavy (non-hydrogen) atoms. The van der Waals surface area contributed by atoms with Gasteiger partial charge in [0.1, 0.15) is 6.61 Å². The predicted molar refractivity (Wildman–Crippen MR) is 75.2 cm³/mol. The first kappa shape index (κ1) is 15.2. The molecular weight excluding hydrogens is 274 g/mol. The molecule has 0 saturated heterocycles. The van der Waals surface area contributed by atoms with E-state index in [9.17, 15) is 9.59 Å². The van der Waals surface area contributed by atoms with Gasteiger partial charge in [-0.05, 0) is 19.1 Å². The molecule has 1 amide bonds. The standard InChI is InChI=1S/C15H19NO5/c1-3-19-14(17)8-9-16(2)15(18)13-10-20-11-6-4-5-7-12(11)21-13/h4-7,13H,3,8-10H2,1-2H3. The maximum atomic E-state index is 12.2. The number of likely N-dealkylation sites (N-methyl/N-ethyl adjacent to an activating group) is 1. The lowest BCUT2D eigenvalue weighted by molar-refractivity contribution is -0.145. The van der Waals surface area contributed by atoms with Gasteiger partial charge in [-0.15, -0.1) is 0 Å². The summed E-state index contributed by atoms with van der Waals surface area (Å²) >= 11 is 0. The number of para-hydroxylation sites is 2. The van der Waals surface area contributed by atoms with Crippen molar-refractivity contribution in [1.29, 1.82) is 0 Å². The fraction of sp³-hybridized carbons (Fsp3) is 0.467. The molecule has 0 aromatic heterocycles. The average Bonchev–Trinajstić information content (AvgIpc) is 2.51. The van der Waals surface area contributed by atoms with Gasteiger partial charge in [0.2, 0.25) is 6.10 Å². The molecule has 1 aliphatic rings. The largest absolute Gasteiger partial charge is 0.485 e. The Morgan fingerprint density at radius 1 is 1.33 bits per heavy atom. The first-order valence-electron chi connectivity index (χ1n) is 6.91. The van der Waals surface area contributed by atoms with Crippen molar-refractivity contribution in [2.45, 2.75) is 19.4 Å². The van der Waals surface area contributed by atoms with E-state index in [0.717, 1.165) is 0 Å². The van der Waals surface area contributed by atoms with Crippen molar-refractivity contribution in [3.05, 3.63) is 24.3 Å². The Morgan fingerprint density at radius 3 is 2.76 bits per heavy atom. The number of fused-ring (bicyclic) bond motifs is 1. The summed E-state index contributed by atoms with van der Waals surface area (Å²) in [7, 11) is 1.63. The number of rotatable bonds is 5. The van der Waals surface area contributed by atoms with Crippen LogP contribution in [0.15, 0.2) is 24.3 Å². The van der Waals surface area contributed by atoms with Gasteiger partial charge in [0.15, 0.2) is 11.5 Å². The molecule has 0 bridgehead atoms. The highest BCUT2D eigenvalue weighted by molar-refractivity contribution is 5.82. The minimum absolute atomic E-state index is 0.166. The van der Waals surface area contributed by atoms with E-state index < -0.39 is 6.10 Å². The first-order valence-corrected chi connectivity index (χ1v) is 6.91. The molecule has 1 aromatic carbocycles. The topological polar surface area (TPSA) is 65.1 Å². The van der Waals surface area contributed by atoms with Gasteiger partial charge < -0.3 is 19.1 Å². The molecule has 0 N–H and O–H groups in total. The third-order valence-corrected chi connectivity index (χ3v) is 3.12. The van der Waals surface area contributed by atoms with Crippen LogP contribution in [-0.4, -0.2) is 49.7 Å². The number of hydrogen-bond donors (Lipinski definition) is 0. The van der Waals surface area contributed by atoms with Gasteiger partial charge in [-0.25, -0.2) is 0 Å². The molecule has 0 spiro atoms. The zero-order valence-electron chi connectivity index (χ0n) is 12.2. The smallest absolute Gasteiger partial charge is 0.307 e. The quantitative estimate of drug-likeness (QED) is 0.764. The Balaban J connectivity index is 1.88. The van der Waals surface area contributed by atoms with Crippen molar-refractivity contribution in [3.8, 4) is 11.5 Å². The van der Waals surface area contributed by atoms with E-state index in [1.54, 1.807) is 26.1 Å². The molecular formula is C15H19NO5. The lowest BCUT2D eigenvalue weighted by Gasteiger charge is -2.28. The molecule has 1 aromatic rings. The van der Waals surface area contributed by atoms with Crippen molar-refractivity contribution in [2.75, 3.05) is 26.8 Å². The number of benzene rings is 1. The van der Waals surface area contributed by atoms with E-state index in [4.69, 9.17) is 14.2 Å². The number of amides is 1. The molecule has 1 atom stereocenters. The van der Waals surface area contributed by atoms with Crippen molar-refractivity contribution in [2.24, 2.45) is 0 Å². The summed E-state index contributed by atoms with van der Waals surface area (Å²) in [5, 5.41) is 0. The van der Waals surface area contributed by atoms with E-state index in [1.807, 2.05) is 12.1 Å². The van der Waals surface area contributed by atoms with E-state index in [0.29, 0.717) is 24.7 Å². The molecule has 0 fully saturated rings. The molecule has 6 heteroatoms. The second kappa shape index (κ2) is 6.97. The van der Waals surface area contributed by atoms with Crippen molar-refractivity contribution < 1.29 is 23.8 Å². The number of hydrogen-bond acceptors (Lipinski definition) is 5. The maximum absolute atomic E-state index is 12.2. The van der Waals surface area contributed by atoms with Gasteiger partial charge in [0.25, 0.3) is 5.91 Å². The van der Waals surface area contributed by atoms with Crippen LogP contribution in [0.25, 0.3) is 0 Å². The molecule has 0 saturated carbocycles. The molecule has 1 heterocycles. The van der Waals surface area contributed by atoms with Crippen LogP contribution in [0.4, 0.5) is 0 Å². The van der Waals surface area contributed by atoms with Gasteiger partial charge in [-0.2, -0.15) is 0 Å². The summed E-state index contributed by atoms with van der Waals surface area (Å²) in [6, 6.07) is 7.21. The fourth-order valence-corrected chi connectivity index (χ4v) is 1.99. The van der Waals surface area contributed by atoms with Crippen LogP contribution < -0.4 is 9.47 Å². The fourth-order valence-electron chi connectivity index (χ4n) is 1.99. The Labute approximate surface area is 123 Å². The van der Waals surface area contributed by atoms with E-state index in [1.165, 1.54) is 4.90 Å². The van der Waals surface area contributed by atoms with Crippen LogP contribution in [0.3, 0.4) is 0 Å². The molecule has 0 aliphatic carbocycles. The average molecular weight is 293 g/mol. The van der Waals surface area contributed by atoms with Crippen LogP contribution in [0.5, 0.6) is 11.5 Å². The van der Waals surface area contributed by atoms with Gasteiger partial charge in [0, 0.05) is 13.6 Å². The van der Waals surface area contributed by atoms with Gasteiger partial charge in [-0.1, -0.05) is 12.1 Å². The molecule has 2 rings (SSSR count). The second-order valence-electron chi connectivity index (χ2n) is 4.68. The van der Waals surface area contributed by atoms with Crippen molar-refractivity contribution >= 4 is 11.9 Å². The Bertz CT molecular complexity index is 517. The highest BCUT2D eigenvalue weighted by Crippen LogP contribution is 2.31. The SMILES string of the molecule is CCOC(=O)CCN(C)C(=O)C1COc2ccccc2O1. The van der Waals surface area contributed by atoms with Crippen molar-refractivity contribution in [1.82, 2.24) is 4.90 Å². The van der Waals surface area contributed by atoms with Gasteiger partial charge >= 0.3 is 5.97 Å². The minimum atomic E-state index is -0.688.